The van der Waals surface area contributed by atoms with Gasteiger partial charge in [0.25, 0.3) is 0 Å². The summed E-state index contributed by atoms with van der Waals surface area (Å²) in [5.41, 5.74) is 10.2. The Morgan fingerprint density at radius 3 is 2.74 bits per heavy atom. The third-order valence-electron chi connectivity index (χ3n) is 4.32. The Kier molecular flexibility index (Phi) is 6.80. The van der Waals surface area contributed by atoms with Gasteiger partial charge in [0, 0.05) is 6.61 Å². The molecular formula is C15H30N2O2. The van der Waals surface area contributed by atoms with Crippen LogP contribution in [0.5, 0.6) is 0 Å². The van der Waals surface area contributed by atoms with Crippen molar-refractivity contribution in [2.75, 3.05) is 6.61 Å². The highest BCUT2D eigenvalue weighted by Crippen LogP contribution is 2.28. The Bertz CT molecular complexity index is 279. The first-order chi connectivity index (χ1) is 8.95. The molecule has 0 heterocycles. The SMILES string of the molecule is CCC1CCCC(OCCCCC(C)(N)C(N)=O)C1. The molecule has 1 saturated carbocycles. The van der Waals surface area contributed by atoms with E-state index >= 15 is 0 Å². The van der Waals surface area contributed by atoms with E-state index in [0.29, 0.717) is 12.5 Å². The van der Waals surface area contributed by atoms with Gasteiger partial charge in [-0.3, -0.25) is 4.79 Å². The van der Waals surface area contributed by atoms with Crippen molar-refractivity contribution in [3.8, 4) is 0 Å². The lowest BCUT2D eigenvalue weighted by Crippen LogP contribution is -2.49. The standard InChI is InChI=1S/C15H30N2O2/c1-3-12-7-6-8-13(11-12)19-10-5-4-9-15(2,17)14(16)18/h12-13H,3-11,17H2,1-2H3,(H2,16,18). The van der Waals surface area contributed by atoms with Gasteiger partial charge in [-0.2, -0.15) is 0 Å². The zero-order chi connectivity index (χ0) is 14.3. The molecule has 0 radical (unpaired) electrons. The van der Waals surface area contributed by atoms with E-state index in [2.05, 4.69) is 6.92 Å². The fraction of sp³-hybridized carbons (Fsp3) is 0.933. The van der Waals surface area contributed by atoms with Gasteiger partial charge in [-0.05, 0) is 44.9 Å². The zero-order valence-corrected chi connectivity index (χ0v) is 12.5. The van der Waals surface area contributed by atoms with Gasteiger partial charge in [0.1, 0.15) is 0 Å². The zero-order valence-electron chi connectivity index (χ0n) is 12.5. The van der Waals surface area contributed by atoms with Crippen molar-refractivity contribution in [1.82, 2.24) is 0 Å². The first-order valence-electron chi connectivity index (χ1n) is 7.66. The highest BCUT2D eigenvalue weighted by molar-refractivity contribution is 5.83. The molecule has 0 spiro atoms. The molecule has 4 nitrogen and oxygen atoms in total. The average Bonchev–Trinajstić information content (AvgIpc) is 2.38. The first kappa shape index (κ1) is 16.4. The lowest BCUT2D eigenvalue weighted by molar-refractivity contribution is -0.122. The van der Waals surface area contributed by atoms with Gasteiger partial charge in [0.05, 0.1) is 11.6 Å². The van der Waals surface area contributed by atoms with Gasteiger partial charge in [-0.25, -0.2) is 0 Å². The van der Waals surface area contributed by atoms with Gasteiger partial charge < -0.3 is 16.2 Å². The summed E-state index contributed by atoms with van der Waals surface area (Å²) in [5, 5.41) is 0. The van der Waals surface area contributed by atoms with Crippen LogP contribution >= 0.6 is 0 Å². The molecule has 0 aromatic rings. The minimum Gasteiger partial charge on any atom is -0.378 e. The average molecular weight is 270 g/mol. The van der Waals surface area contributed by atoms with E-state index in [9.17, 15) is 4.79 Å². The first-order valence-corrected chi connectivity index (χ1v) is 7.66. The lowest BCUT2D eigenvalue weighted by atomic mass is 9.85. The Morgan fingerprint density at radius 2 is 2.11 bits per heavy atom. The monoisotopic (exact) mass is 270 g/mol. The van der Waals surface area contributed by atoms with Crippen LogP contribution in [0.15, 0.2) is 0 Å². The predicted octanol–water partition coefficient (Wildman–Crippen LogP) is 2.34. The molecule has 112 valence electrons. The maximum atomic E-state index is 11.1. The van der Waals surface area contributed by atoms with Crippen molar-refractivity contribution in [3.63, 3.8) is 0 Å². The van der Waals surface area contributed by atoms with Crippen LogP contribution in [0.1, 0.15) is 65.2 Å². The highest BCUT2D eigenvalue weighted by Gasteiger charge is 2.25. The van der Waals surface area contributed by atoms with Gasteiger partial charge in [0.2, 0.25) is 5.91 Å². The molecule has 0 bridgehead atoms. The number of rotatable bonds is 8. The van der Waals surface area contributed by atoms with E-state index in [1.54, 1.807) is 6.92 Å². The molecule has 0 aliphatic heterocycles. The highest BCUT2D eigenvalue weighted by atomic mass is 16.5. The number of hydrogen-bond donors (Lipinski definition) is 2. The summed E-state index contributed by atoms with van der Waals surface area (Å²) in [4.78, 5) is 11.1. The minimum absolute atomic E-state index is 0.425. The summed E-state index contributed by atoms with van der Waals surface area (Å²) in [5.74, 6) is 0.424. The molecule has 4 heteroatoms. The number of ether oxygens (including phenoxy) is 1. The van der Waals surface area contributed by atoms with Gasteiger partial charge in [0.15, 0.2) is 0 Å². The van der Waals surface area contributed by atoms with E-state index in [0.717, 1.165) is 25.4 Å². The fourth-order valence-electron chi connectivity index (χ4n) is 2.73. The van der Waals surface area contributed by atoms with Crippen molar-refractivity contribution < 1.29 is 9.53 Å². The summed E-state index contributed by atoms with van der Waals surface area (Å²) in [6.45, 7) is 4.73. The quantitative estimate of drug-likeness (QED) is 0.664. The summed E-state index contributed by atoms with van der Waals surface area (Å²) in [7, 11) is 0. The summed E-state index contributed by atoms with van der Waals surface area (Å²) < 4.78 is 5.93. The number of amides is 1. The van der Waals surface area contributed by atoms with E-state index in [1.807, 2.05) is 0 Å². The van der Waals surface area contributed by atoms with Crippen LogP contribution in [0.3, 0.4) is 0 Å². The molecule has 3 unspecified atom stereocenters. The summed E-state index contributed by atoms with van der Waals surface area (Å²) >= 11 is 0. The maximum Gasteiger partial charge on any atom is 0.237 e. The second-order valence-electron chi connectivity index (χ2n) is 6.17. The number of nitrogens with two attached hydrogens (primary N) is 2. The molecule has 1 fully saturated rings. The van der Waals surface area contributed by atoms with Crippen LogP contribution < -0.4 is 11.5 Å². The number of hydrogen-bond acceptors (Lipinski definition) is 3. The fourth-order valence-corrected chi connectivity index (χ4v) is 2.73. The number of carbonyl (C=O) groups is 1. The summed E-state index contributed by atoms with van der Waals surface area (Å²) in [6.07, 6.45) is 9.26. The molecule has 1 amide bonds. The second-order valence-corrected chi connectivity index (χ2v) is 6.17. The van der Waals surface area contributed by atoms with Gasteiger partial charge in [-0.1, -0.05) is 26.2 Å². The molecular weight excluding hydrogens is 240 g/mol. The van der Waals surface area contributed by atoms with Crippen molar-refractivity contribution in [1.29, 1.82) is 0 Å². The van der Waals surface area contributed by atoms with E-state index in [1.165, 1.54) is 32.1 Å². The Balaban J connectivity index is 2.09. The third-order valence-corrected chi connectivity index (χ3v) is 4.32. The molecule has 0 saturated heterocycles. The van der Waals surface area contributed by atoms with Crippen LogP contribution in [0.4, 0.5) is 0 Å². The summed E-state index contributed by atoms with van der Waals surface area (Å²) in [6, 6.07) is 0. The van der Waals surface area contributed by atoms with Crippen molar-refractivity contribution in [2.24, 2.45) is 17.4 Å². The largest absolute Gasteiger partial charge is 0.378 e. The predicted molar refractivity (Wildman–Crippen MR) is 77.6 cm³/mol. The molecule has 4 N–H and O–H groups in total. The number of carbonyl (C=O) groups excluding carboxylic acids is 1. The smallest absolute Gasteiger partial charge is 0.237 e. The molecule has 1 rings (SSSR count). The van der Waals surface area contributed by atoms with Crippen LogP contribution in [0.2, 0.25) is 0 Å². The van der Waals surface area contributed by atoms with Gasteiger partial charge in [-0.15, -0.1) is 0 Å². The molecule has 3 atom stereocenters. The normalized spacial score (nSPS) is 26.9. The molecule has 0 aromatic carbocycles. The number of primary amides is 1. The number of unbranched alkanes of at least 4 members (excludes halogenated alkanes) is 1. The minimum atomic E-state index is -0.877. The molecule has 1 aliphatic rings. The topological polar surface area (TPSA) is 78.3 Å². The van der Waals surface area contributed by atoms with E-state index < -0.39 is 11.4 Å². The van der Waals surface area contributed by atoms with Crippen molar-refractivity contribution in [3.05, 3.63) is 0 Å². The second kappa shape index (κ2) is 7.85. The Morgan fingerprint density at radius 1 is 1.37 bits per heavy atom. The maximum absolute atomic E-state index is 11.1. The third kappa shape index (κ3) is 5.91. The van der Waals surface area contributed by atoms with Crippen molar-refractivity contribution in [2.45, 2.75) is 76.9 Å². The van der Waals surface area contributed by atoms with Crippen LogP contribution in [-0.2, 0) is 9.53 Å². The van der Waals surface area contributed by atoms with Crippen molar-refractivity contribution >= 4 is 5.91 Å². The van der Waals surface area contributed by atoms with Crippen LogP contribution in [0.25, 0.3) is 0 Å². The lowest BCUT2D eigenvalue weighted by Gasteiger charge is -2.28. The van der Waals surface area contributed by atoms with Crippen LogP contribution in [0, 0.1) is 5.92 Å². The Hall–Kier alpha value is -0.610. The molecule has 0 aromatic heterocycles. The van der Waals surface area contributed by atoms with Gasteiger partial charge >= 0.3 is 0 Å². The Labute approximate surface area is 117 Å². The van der Waals surface area contributed by atoms with E-state index in [4.69, 9.17) is 16.2 Å². The molecule has 1 aliphatic carbocycles. The molecule has 19 heavy (non-hydrogen) atoms. The van der Waals surface area contributed by atoms with Crippen LogP contribution in [-0.4, -0.2) is 24.2 Å². The van der Waals surface area contributed by atoms with E-state index in [-0.39, 0.29) is 0 Å².